The molecule has 1 saturated carbocycles. The summed E-state index contributed by atoms with van der Waals surface area (Å²) >= 11 is 1.70. The maximum absolute atomic E-state index is 4.52. The Morgan fingerprint density at radius 1 is 1.17 bits per heavy atom. The summed E-state index contributed by atoms with van der Waals surface area (Å²) in [6.45, 7) is 2.94. The zero-order valence-corrected chi connectivity index (χ0v) is 13.3. The fourth-order valence-electron chi connectivity index (χ4n) is 2.81. The van der Waals surface area contributed by atoms with Crippen LogP contribution in [0, 0.1) is 5.92 Å². The second-order valence-electron chi connectivity index (χ2n) is 6.20. The Morgan fingerprint density at radius 3 is 2.96 bits per heavy atom. The van der Waals surface area contributed by atoms with Gasteiger partial charge in [-0.3, -0.25) is 0 Å². The second kappa shape index (κ2) is 5.12. The first-order valence-corrected chi connectivity index (χ1v) is 8.66. The molecule has 0 aromatic carbocycles. The summed E-state index contributed by atoms with van der Waals surface area (Å²) in [5, 5.41) is 26.4. The molecule has 3 aromatic heterocycles. The molecule has 3 aromatic rings. The molecule has 8 nitrogen and oxygen atoms in total. The summed E-state index contributed by atoms with van der Waals surface area (Å²) in [7, 11) is 0. The van der Waals surface area contributed by atoms with Crippen LogP contribution in [-0.2, 0) is 0 Å². The molecule has 0 atom stereocenters. The van der Waals surface area contributed by atoms with Crippen LogP contribution in [0.4, 0.5) is 10.9 Å². The van der Waals surface area contributed by atoms with Crippen molar-refractivity contribution < 1.29 is 0 Å². The molecule has 1 aliphatic carbocycles. The van der Waals surface area contributed by atoms with Crippen LogP contribution in [-0.4, -0.2) is 49.6 Å². The van der Waals surface area contributed by atoms with Gasteiger partial charge in [0.2, 0.25) is 5.13 Å². The first kappa shape index (κ1) is 13.2. The molecule has 1 saturated heterocycles. The molecule has 1 aliphatic heterocycles. The van der Waals surface area contributed by atoms with Gasteiger partial charge in [0.1, 0.15) is 17.2 Å². The average Bonchev–Trinajstić information content (AvgIpc) is 3.08. The number of hydrogen-bond acceptors (Lipinski definition) is 8. The van der Waals surface area contributed by atoms with Crippen molar-refractivity contribution in [3.05, 3.63) is 23.5 Å². The zero-order valence-electron chi connectivity index (χ0n) is 12.5. The van der Waals surface area contributed by atoms with E-state index in [0.717, 1.165) is 36.2 Å². The van der Waals surface area contributed by atoms with Crippen LogP contribution in [0.25, 0.3) is 5.65 Å². The molecule has 4 heterocycles. The summed E-state index contributed by atoms with van der Waals surface area (Å²) < 4.78 is 1.71. The third kappa shape index (κ3) is 2.50. The third-order valence-electron chi connectivity index (χ3n) is 4.34. The molecule has 0 radical (unpaired) electrons. The van der Waals surface area contributed by atoms with Gasteiger partial charge in [0.25, 0.3) is 0 Å². The normalized spacial score (nSPS) is 18.3. The van der Waals surface area contributed by atoms with E-state index in [1.54, 1.807) is 22.2 Å². The Bertz CT molecular complexity index is 832. The van der Waals surface area contributed by atoms with E-state index in [1.165, 1.54) is 17.8 Å². The van der Waals surface area contributed by atoms with Crippen molar-refractivity contribution >= 4 is 27.9 Å². The van der Waals surface area contributed by atoms with Crippen molar-refractivity contribution in [3.63, 3.8) is 0 Å². The Hall–Kier alpha value is -2.29. The highest BCUT2D eigenvalue weighted by Gasteiger charge is 2.29. The summed E-state index contributed by atoms with van der Waals surface area (Å²) in [6, 6.07) is 3.95. The number of fused-ring (bicyclic) bond motifs is 1. The Labute approximate surface area is 136 Å². The largest absolute Gasteiger partial charge is 0.360 e. The van der Waals surface area contributed by atoms with Crippen LogP contribution in [0.15, 0.2) is 18.5 Å². The number of nitrogens with zero attached hydrogens (tertiary/aromatic N) is 7. The average molecular weight is 328 g/mol. The van der Waals surface area contributed by atoms with Crippen molar-refractivity contribution in [2.75, 3.05) is 29.9 Å². The van der Waals surface area contributed by atoms with Crippen LogP contribution in [0.2, 0.25) is 0 Å². The molecule has 2 fully saturated rings. The van der Waals surface area contributed by atoms with E-state index >= 15 is 0 Å². The molecule has 23 heavy (non-hydrogen) atoms. The molecule has 118 valence electrons. The number of anilines is 2. The van der Waals surface area contributed by atoms with Crippen molar-refractivity contribution in [2.45, 2.75) is 18.8 Å². The van der Waals surface area contributed by atoms with Gasteiger partial charge in [-0.2, -0.15) is 4.52 Å². The molecular formula is C14H16N8S. The molecule has 2 aliphatic rings. The SMILES string of the molecule is c1cc2nncn2nc1N1CC(CNc2nnc(C3CC3)s2)C1. The quantitative estimate of drug-likeness (QED) is 0.758. The van der Waals surface area contributed by atoms with E-state index < -0.39 is 0 Å². The van der Waals surface area contributed by atoms with Gasteiger partial charge in [0.05, 0.1) is 0 Å². The molecule has 1 N–H and O–H groups in total. The van der Waals surface area contributed by atoms with E-state index in [1.807, 2.05) is 12.1 Å². The molecular weight excluding hydrogens is 312 g/mol. The van der Waals surface area contributed by atoms with E-state index in [2.05, 4.69) is 35.7 Å². The fraction of sp³-hybridized carbons (Fsp3) is 0.500. The Morgan fingerprint density at radius 2 is 2.09 bits per heavy atom. The first-order valence-electron chi connectivity index (χ1n) is 7.84. The topological polar surface area (TPSA) is 84.1 Å². The molecule has 0 spiro atoms. The minimum absolute atomic E-state index is 0.613. The number of rotatable bonds is 5. The number of aromatic nitrogens is 6. The van der Waals surface area contributed by atoms with Gasteiger partial charge >= 0.3 is 0 Å². The van der Waals surface area contributed by atoms with Crippen molar-refractivity contribution in [1.29, 1.82) is 0 Å². The van der Waals surface area contributed by atoms with Gasteiger partial charge < -0.3 is 10.2 Å². The maximum atomic E-state index is 4.52. The van der Waals surface area contributed by atoms with E-state index in [4.69, 9.17) is 0 Å². The van der Waals surface area contributed by atoms with Gasteiger partial charge in [-0.15, -0.1) is 25.5 Å². The molecule has 5 rings (SSSR count). The van der Waals surface area contributed by atoms with Crippen molar-refractivity contribution in [2.24, 2.45) is 5.92 Å². The zero-order chi connectivity index (χ0) is 15.2. The molecule has 0 bridgehead atoms. The molecule has 9 heteroatoms. The smallest absolute Gasteiger partial charge is 0.205 e. The van der Waals surface area contributed by atoms with Crippen LogP contribution < -0.4 is 10.2 Å². The minimum Gasteiger partial charge on any atom is -0.360 e. The highest BCUT2D eigenvalue weighted by Crippen LogP contribution is 2.42. The van der Waals surface area contributed by atoms with Crippen LogP contribution in [0.1, 0.15) is 23.8 Å². The number of hydrogen-bond donors (Lipinski definition) is 1. The monoisotopic (exact) mass is 328 g/mol. The van der Waals surface area contributed by atoms with Crippen molar-refractivity contribution in [1.82, 2.24) is 30.0 Å². The molecule has 0 unspecified atom stereocenters. The van der Waals surface area contributed by atoms with Crippen LogP contribution in [0.3, 0.4) is 0 Å². The van der Waals surface area contributed by atoms with Crippen LogP contribution in [0.5, 0.6) is 0 Å². The van der Waals surface area contributed by atoms with Gasteiger partial charge in [0.15, 0.2) is 5.65 Å². The van der Waals surface area contributed by atoms with Gasteiger partial charge in [0, 0.05) is 31.5 Å². The number of nitrogens with one attached hydrogen (secondary N) is 1. The van der Waals surface area contributed by atoms with Crippen LogP contribution >= 0.6 is 11.3 Å². The van der Waals surface area contributed by atoms with Crippen molar-refractivity contribution in [3.8, 4) is 0 Å². The Balaban J connectivity index is 1.16. The lowest BCUT2D eigenvalue weighted by Gasteiger charge is -2.40. The lowest BCUT2D eigenvalue weighted by Crippen LogP contribution is -2.50. The summed E-state index contributed by atoms with van der Waals surface area (Å²) in [6.07, 6.45) is 4.18. The van der Waals surface area contributed by atoms with Gasteiger partial charge in [-0.05, 0) is 25.0 Å². The van der Waals surface area contributed by atoms with E-state index in [0.29, 0.717) is 11.8 Å². The molecule has 0 amide bonds. The van der Waals surface area contributed by atoms with Gasteiger partial charge in [-0.1, -0.05) is 11.3 Å². The standard InChI is InChI=1S/C14H16N8S/c1-2-10(1)13-18-19-14(23-13)15-5-9-6-21(7-9)12-4-3-11-17-16-8-22(11)20-12/h3-4,8-10H,1-2,5-7H2,(H,15,19). The Kier molecular flexibility index (Phi) is 2.93. The highest BCUT2D eigenvalue weighted by molar-refractivity contribution is 7.15. The summed E-state index contributed by atoms with van der Waals surface area (Å²) in [5.74, 6) is 2.27. The highest BCUT2D eigenvalue weighted by atomic mass is 32.1. The fourth-order valence-corrected chi connectivity index (χ4v) is 3.73. The lowest BCUT2D eigenvalue weighted by molar-refractivity contribution is 0.425. The summed E-state index contributed by atoms with van der Waals surface area (Å²) in [4.78, 5) is 2.27. The predicted molar refractivity (Wildman–Crippen MR) is 86.9 cm³/mol. The third-order valence-corrected chi connectivity index (χ3v) is 5.38. The summed E-state index contributed by atoms with van der Waals surface area (Å²) in [5.41, 5.74) is 0.773. The predicted octanol–water partition coefficient (Wildman–Crippen LogP) is 1.40. The van der Waals surface area contributed by atoms with E-state index in [-0.39, 0.29) is 0 Å². The second-order valence-corrected chi connectivity index (χ2v) is 7.21. The first-order chi connectivity index (χ1) is 11.3. The lowest BCUT2D eigenvalue weighted by atomic mass is 10.0. The van der Waals surface area contributed by atoms with E-state index in [9.17, 15) is 0 Å². The minimum atomic E-state index is 0.613. The maximum Gasteiger partial charge on any atom is 0.205 e. The van der Waals surface area contributed by atoms with Gasteiger partial charge in [-0.25, -0.2) is 0 Å².